The Morgan fingerprint density at radius 2 is 1.73 bits per heavy atom. The second-order valence-corrected chi connectivity index (χ2v) is 8.57. The zero-order valence-electron chi connectivity index (χ0n) is 18.3. The Bertz CT molecular complexity index is 1170. The average molecular weight is 526 g/mol. The van der Waals surface area contributed by atoms with Crippen LogP contribution in [0.1, 0.15) is 39.6 Å². The van der Waals surface area contributed by atoms with Crippen molar-refractivity contribution in [2.45, 2.75) is 20.3 Å². The molecule has 0 atom stereocenters. The molecule has 0 aliphatic rings. The van der Waals surface area contributed by atoms with Crippen LogP contribution < -0.4 is 20.7 Å². The van der Waals surface area contributed by atoms with Gasteiger partial charge in [0.1, 0.15) is 5.75 Å². The van der Waals surface area contributed by atoms with E-state index in [0.29, 0.717) is 34.9 Å². The topological polar surface area (TPSA) is 79.5 Å². The van der Waals surface area contributed by atoms with Crippen LogP contribution in [0.2, 0.25) is 0 Å². The lowest BCUT2D eigenvalue weighted by molar-refractivity contribution is 0.0972. The Kier molecular flexibility index (Phi) is 8.57. The van der Waals surface area contributed by atoms with Gasteiger partial charge in [0.15, 0.2) is 5.11 Å². The second kappa shape index (κ2) is 11.6. The molecule has 0 heterocycles. The third-order valence-corrected chi connectivity index (χ3v) is 5.34. The molecule has 0 saturated carbocycles. The van der Waals surface area contributed by atoms with Gasteiger partial charge >= 0.3 is 0 Å². The maximum atomic E-state index is 12.8. The number of anilines is 2. The molecular weight excluding hydrogens is 502 g/mol. The van der Waals surface area contributed by atoms with Gasteiger partial charge in [-0.3, -0.25) is 14.9 Å². The van der Waals surface area contributed by atoms with Crippen LogP contribution in [0, 0.1) is 6.92 Å². The third-order valence-electron chi connectivity index (χ3n) is 4.64. The molecule has 0 saturated heterocycles. The predicted octanol–water partition coefficient (Wildman–Crippen LogP) is 5.93. The predicted molar refractivity (Wildman–Crippen MR) is 139 cm³/mol. The van der Waals surface area contributed by atoms with E-state index in [9.17, 15) is 9.59 Å². The first kappa shape index (κ1) is 24.4. The first-order chi connectivity index (χ1) is 15.9. The highest BCUT2D eigenvalue weighted by atomic mass is 79.9. The quantitative estimate of drug-likeness (QED) is 0.333. The molecule has 0 unspecified atom stereocenters. The largest absolute Gasteiger partial charge is 0.493 e. The molecule has 0 aliphatic carbocycles. The van der Waals surface area contributed by atoms with Gasteiger partial charge in [-0.1, -0.05) is 41.1 Å². The smallest absolute Gasteiger partial charge is 0.261 e. The van der Waals surface area contributed by atoms with Crippen molar-refractivity contribution in [3.8, 4) is 5.75 Å². The molecule has 33 heavy (non-hydrogen) atoms. The lowest BCUT2D eigenvalue weighted by Crippen LogP contribution is -2.34. The molecule has 3 N–H and O–H groups in total. The van der Waals surface area contributed by atoms with Gasteiger partial charge in [0.05, 0.1) is 12.2 Å². The van der Waals surface area contributed by atoms with Gasteiger partial charge in [-0.2, -0.15) is 0 Å². The van der Waals surface area contributed by atoms with Crippen LogP contribution in [0.25, 0.3) is 0 Å². The number of thiocarbonyl (C=S) groups is 1. The number of benzene rings is 3. The van der Waals surface area contributed by atoms with E-state index in [1.54, 1.807) is 36.4 Å². The van der Waals surface area contributed by atoms with Gasteiger partial charge < -0.3 is 15.4 Å². The minimum absolute atomic E-state index is 0.155. The van der Waals surface area contributed by atoms with Crippen molar-refractivity contribution in [3.63, 3.8) is 0 Å². The third kappa shape index (κ3) is 6.87. The van der Waals surface area contributed by atoms with Crippen LogP contribution in [-0.2, 0) is 0 Å². The number of hydrogen-bond donors (Lipinski definition) is 3. The SMILES string of the molecule is CCCOc1ccc(Br)cc1C(=O)NC(=S)Nc1ccc(NC(=O)c2ccccc2)c(C)c1. The monoisotopic (exact) mass is 525 g/mol. The van der Waals surface area contributed by atoms with Crippen LogP contribution in [0.5, 0.6) is 5.75 Å². The summed E-state index contributed by atoms with van der Waals surface area (Å²) < 4.78 is 6.44. The zero-order valence-corrected chi connectivity index (χ0v) is 20.7. The summed E-state index contributed by atoms with van der Waals surface area (Å²) in [6.07, 6.45) is 0.832. The van der Waals surface area contributed by atoms with Crippen LogP contribution in [0.3, 0.4) is 0 Å². The number of hydrogen-bond acceptors (Lipinski definition) is 4. The fourth-order valence-corrected chi connectivity index (χ4v) is 3.59. The van der Waals surface area contributed by atoms with Crippen molar-refractivity contribution in [3.05, 3.63) is 87.9 Å². The Morgan fingerprint density at radius 1 is 0.970 bits per heavy atom. The maximum Gasteiger partial charge on any atom is 0.261 e. The molecule has 6 nitrogen and oxygen atoms in total. The van der Waals surface area contributed by atoms with Crippen molar-refractivity contribution in [1.29, 1.82) is 0 Å². The molecule has 3 aromatic rings. The highest BCUT2D eigenvalue weighted by Crippen LogP contribution is 2.24. The first-order valence-corrected chi connectivity index (χ1v) is 11.6. The number of carbonyl (C=O) groups is 2. The van der Waals surface area contributed by atoms with E-state index in [0.717, 1.165) is 16.5 Å². The van der Waals surface area contributed by atoms with Gasteiger partial charge in [-0.15, -0.1) is 0 Å². The minimum atomic E-state index is -0.372. The summed E-state index contributed by atoms with van der Waals surface area (Å²) in [4.78, 5) is 25.2. The first-order valence-electron chi connectivity index (χ1n) is 10.4. The molecular formula is C25H24BrN3O3S. The maximum absolute atomic E-state index is 12.8. The van der Waals surface area contributed by atoms with Crippen molar-refractivity contribution in [1.82, 2.24) is 5.32 Å². The molecule has 0 aromatic heterocycles. The van der Waals surface area contributed by atoms with Crippen molar-refractivity contribution < 1.29 is 14.3 Å². The van der Waals surface area contributed by atoms with E-state index in [-0.39, 0.29) is 16.9 Å². The molecule has 0 fully saturated rings. The number of amides is 2. The molecule has 0 bridgehead atoms. The van der Waals surface area contributed by atoms with Gasteiger partial charge in [-0.25, -0.2) is 0 Å². The van der Waals surface area contributed by atoms with E-state index in [2.05, 4.69) is 31.9 Å². The number of aryl methyl sites for hydroxylation is 1. The van der Waals surface area contributed by atoms with Gasteiger partial charge in [-0.05, 0) is 79.7 Å². The number of halogens is 1. The highest BCUT2D eigenvalue weighted by Gasteiger charge is 2.15. The summed E-state index contributed by atoms with van der Waals surface area (Å²) >= 11 is 8.71. The number of nitrogens with one attached hydrogen (secondary N) is 3. The highest BCUT2D eigenvalue weighted by molar-refractivity contribution is 9.10. The summed E-state index contributed by atoms with van der Waals surface area (Å²) in [7, 11) is 0. The molecule has 0 spiro atoms. The molecule has 8 heteroatoms. The van der Waals surface area contributed by atoms with Crippen molar-refractivity contribution in [2.24, 2.45) is 0 Å². The van der Waals surface area contributed by atoms with Crippen molar-refractivity contribution in [2.75, 3.05) is 17.2 Å². The Labute approximate surface area is 206 Å². The van der Waals surface area contributed by atoms with Gasteiger partial charge in [0.25, 0.3) is 11.8 Å². The summed E-state index contributed by atoms with van der Waals surface area (Å²) in [5.41, 5.74) is 3.19. The standard InChI is InChI=1S/C25H24BrN3O3S/c1-3-13-32-22-12-9-18(26)15-20(22)24(31)29-25(33)27-19-10-11-21(16(2)14-19)28-23(30)17-7-5-4-6-8-17/h4-12,14-15H,3,13H2,1-2H3,(H,28,30)(H2,27,29,31,33). The number of rotatable bonds is 7. The number of carbonyl (C=O) groups excluding carboxylic acids is 2. The fourth-order valence-electron chi connectivity index (χ4n) is 3.02. The average Bonchev–Trinajstić information content (AvgIpc) is 2.80. The fraction of sp³-hybridized carbons (Fsp3) is 0.160. The summed E-state index contributed by atoms with van der Waals surface area (Å²) in [5, 5.41) is 8.75. The van der Waals surface area contributed by atoms with Gasteiger partial charge in [0, 0.05) is 21.4 Å². The molecule has 170 valence electrons. The lowest BCUT2D eigenvalue weighted by atomic mass is 10.1. The van der Waals surface area contributed by atoms with E-state index < -0.39 is 0 Å². The van der Waals surface area contributed by atoms with Crippen LogP contribution in [-0.4, -0.2) is 23.5 Å². The molecule has 0 radical (unpaired) electrons. The summed E-state index contributed by atoms with van der Waals surface area (Å²) in [6.45, 7) is 4.39. The zero-order chi connectivity index (χ0) is 23.8. The summed E-state index contributed by atoms with van der Waals surface area (Å²) in [6, 6.07) is 19.7. The Balaban J connectivity index is 1.64. The van der Waals surface area contributed by atoms with E-state index in [1.807, 2.05) is 44.2 Å². The number of ether oxygens (including phenoxy) is 1. The van der Waals surface area contributed by atoms with Crippen molar-refractivity contribution >= 4 is 56.4 Å². The van der Waals surface area contributed by atoms with Gasteiger partial charge in [0.2, 0.25) is 0 Å². The molecule has 3 rings (SSSR count). The van der Waals surface area contributed by atoms with Crippen LogP contribution in [0.15, 0.2) is 71.2 Å². The molecule has 2 amide bonds. The molecule has 3 aromatic carbocycles. The molecule has 0 aliphatic heterocycles. The second-order valence-electron chi connectivity index (χ2n) is 7.25. The normalized spacial score (nSPS) is 10.3. The van der Waals surface area contributed by atoms with Crippen LogP contribution in [0.4, 0.5) is 11.4 Å². The minimum Gasteiger partial charge on any atom is -0.493 e. The van der Waals surface area contributed by atoms with E-state index >= 15 is 0 Å². The van der Waals surface area contributed by atoms with Crippen LogP contribution >= 0.6 is 28.1 Å². The summed E-state index contributed by atoms with van der Waals surface area (Å²) in [5.74, 6) is -0.0598. The Morgan fingerprint density at radius 3 is 2.42 bits per heavy atom. The lowest BCUT2D eigenvalue weighted by Gasteiger charge is -2.14. The van der Waals surface area contributed by atoms with E-state index in [1.165, 1.54) is 0 Å². The Hall–Kier alpha value is -3.23. The van der Waals surface area contributed by atoms with E-state index in [4.69, 9.17) is 17.0 Å².